The van der Waals surface area contributed by atoms with Gasteiger partial charge in [-0.15, -0.1) is 0 Å². The van der Waals surface area contributed by atoms with Crippen LogP contribution in [0.25, 0.3) is 0 Å². The number of carbonyl (C=O) groups is 2. The Labute approximate surface area is 104 Å². The molecule has 0 aliphatic rings. The minimum absolute atomic E-state index is 0.224. The van der Waals surface area contributed by atoms with Gasteiger partial charge in [0.15, 0.2) is 0 Å². The Kier molecular flexibility index (Phi) is 9.49. The highest BCUT2D eigenvalue weighted by atomic mass is 16.5. The summed E-state index contributed by atoms with van der Waals surface area (Å²) in [6, 6.07) is 0. The van der Waals surface area contributed by atoms with E-state index in [0.717, 1.165) is 12.8 Å². The third-order valence-electron chi connectivity index (χ3n) is 2.26. The second kappa shape index (κ2) is 10.1. The van der Waals surface area contributed by atoms with Gasteiger partial charge in [0.2, 0.25) is 0 Å². The highest BCUT2D eigenvalue weighted by molar-refractivity contribution is 5.72. The summed E-state index contributed by atoms with van der Waals surface area (Å²) in [7, 11) is 0. The van der Waals surface area contributed by atoms with E-state index < -0.39 is 0 Å². The first-order valence-corrected chi connectivity index (χ1v) is 6.37. The summed E-state index contributed by atoms with van der Waals surface area (Å²) < 4.78 is 9.80. The van der Waals surface area contributed by atoms with Crippen molar-refractivity contribution in [3.63, 3.8) is 0 Å². The van der Waals surface area contributed by atoms with Crippen molar-refractivity contribution in [1.29, 1.82) is 0 Å². The molecule has 0 saturated carbocycles. The molecule has 0 aromatic heterocycles. The van der Waals surface area contributed by atoms with Crippen LogP contribution in [0.15, 0.2) is 0 Å². The van der Waals surface area contributed by atoms with Crippen LogP contribution in [-0.2, 0) is 19.1 Å². The third kappa shape index (κ3) is 11.2. The van der Waals surface area contributed by atoms with Gasteiger partial charge in [-0.1, -0.05) is 13.8 Å². The quantitative estimate of drug-likeness (QED) is 0.462. The number of rotatable bonds is 9. The molecule has 17 heavy (non-hydrogen) atoms. The maximum Gasteiger partial charge on any atom is 0.305 e. The third-order valence-corrected chi connectivity index (χ3v) is 2.26. The van der Waals surface area contributed by atoms with E-state index in [0.29, 0.717) is 32.0 Å². The zero-order valence-electron chi connectivity index (χ0n) is 11.2. The minimum Gasteiger partial charge on any atom is -0.466 e. The van der Waals surface area contributed by atoms with Crippen molar-refractivity contribution >= 4 is 11.9 Å². The minimum atomic E-state index is -0.250. The van der Waals surface area contributed by atoms with Crippen molar-refractivity contribution in [1.82, 2.24) is 0 Å². The molecule has 4 nitrogen and oxygen atoms in total. The maximum absolute atomic E-state index is 11.3. The van der Waals surface area contributed by atoms with Crippen molar-refractivity contribution < 1.29 is 19.1 Å². The van der Waals surface area contributed by atoms with Crippen LogP contribution >= 0.6 is 0 Å². The first-order chi connectivity index (χ1) is 8.06. The normalized spacial score (nSPS) is 10.4. The molecule has 0 N–H and O–H groups in total. The summed E-state index contributed by atoms with van der Waals surface area (Å²) in [4.78, 5) is 22.2. The van der Waals surface area contributed by atoms with Crippen molar-refractivity contribution in [3.05, 3.63) is 0 Å². The molecule has 0 bridgehead atoms. The Morgan fingerprint density at radius 2 is 1.59 bits per heavy atom. The Bertz CT molecular complexity index is 223. The molecule has 0 aromatic rings. The molecule has 0 rings (SSSR count). The van der Waals surface area contributed by atoms with Crippen molar-refractivity contribution in [2.75, 3.05) is 13.2 Å². The van der Waals surface area contributed by atoms with Gasteiger partial charge in [-0.05, 0) is 32.1 Å². The average Bonchev–Trinajstić information content (AvgIpc) is 2.24. The number of hydrogen-bond acceptors (Lipinski definition) is 4. The first-order valence-electron chi connectivity index (χ1n) is 6.37. The standard InChI is InChI=1S/C13H24O4/c1-4-16-12(14)8-5-9-13(15)17-10-6-7-11(2)3/h11H,4-10H2,1-3H3. The Morgan fingerprint density at radius 1 is 1.00 bits per heavy atom. The van der Waals surface area contributed by atoms with Crippen LogP contribution in [-0.4, -0.2) is 25.2 Å². The Balaban J connectivity index is 3.37. The first kappa shape index (κ1) is 15.9. The van der Waals surface area contributed by atoms with E-state index in [4.69, 9.17) is 9.47 Å². The van der Waals surface area contributed by atoms with Gasteiger partial charge in [-0.25, -0.2) is 0 Å². The van der Waals surface area contributed by atoms with Gasteiger partial charge in [0.05, 0.1) is 13.2 Å². The lowest BCUT2D eigenvalue weighted by Crippen LogP contribution is -2.09. The van der Waals surface area contributed by atoms with Gasteiger partial charge < -0.3 is 9.47 Å². The zero-order chi connectivity index (χ0) is 13.1. The van der Waals surface area contributed by atoms with Crippen LogP contribution in [0.2, 0.25) is 0 Å². The fourth-order valence-electron chi connectivity index (χ4n) is 1.36. The van der Waals surface area contributed by atoms with E-state index in [-0.39, 0.29) is 18.4 Å². The van der Waals surface area contributed by atoms with Crippen LogP contribution in [0.3, 0.4) is 0 Å². The molecule has 0 heterocycles. The van der Waals surface area contributed by atoms with E-state index >= 15 is 0 Å². The number of carbonyl (C=O) groups excluding carboxylic acids is 2. The van der Waals surface area contributed by atoms with Crippen LogP contribution in [0, 0.1) is 5.92 Å². The van der Waals surface area contributed by atoms with Gasteiger partial charge in [0.1, 0.15) is 0 Å². The molecular weight excluding hydrogens is 220 g/mol. The summed E-state index contributed by atoms with van der Waals surface area (Å²) in [5.74, 6) is 0.163. The smallest absolute Gasteiger partial charge is 0.305 e. The van der Waals surface area contributed by atoms with Gasteiger partial charge in [-0.3, -0.25) is 9.59 Å². The van der Waals surface area contributed by atoms with Gasteiger partial charge >= 0.3 is 11.9 Å². The molecular formula is C13H24O4. The lowest BCUT2D eigenvalue weighted by molar-refractivity contribution is -0.145. The molecule has 0 aromatic carbocycles. The Morgan fingerprint density at radius 3 is 2.12 bits per heavy atom. The molecule has 0 amide bonds. The monoisotopic (exact) mass is 244 g/mol. The highest BCUT2D eigenvalue weighted by Crippen LogP contribution is 2.05. The van der Waals surface area contributed by atoms with E-state index in [1.54, 1.807) is 6.92 Å². The second-order valence-electron chi connectivity index (χ2n) is 4.42. The van der Waals surface area contributed by atoms with Crippen molar-refractivity contribution in [2.24, 2.45) is 5.92 Å². The topological polar surface area (TPSA) is 52.6 Å². The average molecular weight is 244 g/mol. The fraction of sp³-hybridized carbons (Fsp3) is 0.846. The summed E-state index contributed by atoms with van der Waals surface area (Å²) in [5, 5.41) is 0. The molecule has 0 saturated heterocycles. The lowest BCUT2D eigenvalue weighted by Gasteiger charge is -2.06. The van der Waals surface area contributed by atoms with Crippen LogP contribution in [0.1, 0.15) is 52.9 Å². The van der Waals surface area contributed by atoms with Crippen LogP contribution in [0.4, 0.5) is 0 Å². The summed E-state index contributed by atoms with van der Waals surface area (Å²) in [6.45, 7) is 6.91. The number of esters is 2. The predicted octanol–water partition coefficient (Wildman–Crippen LogP) is 2.70. The molecule has 0 fully saturated rings. The molecule has 0 spiro atoms. The van der Waals surface area contributed by atoms with Crippen molar-refractivity contribution in [3.8, 4) is 0 Å². The van der Waals surface area contributed by atoms with Crippen LogP contribution in [0.5, 0.6) is 0 Å². The lowest BCUT2D eigenvalue weighted by atomic mass is 10.1. The summed E-state index contributed by atoms with van der Waals surface area (Å²) in [6.07, 6.45) is 3.05. The maximum atomic E-state index is 11.3. The fourth-order valence-corrected chi connectivity index (χ4v) is 1.36. The van der Waals surface area contributed by atoms with Gasteiger partial charge in [0.25, 0.3) is 0 Å². The molecule has 0 aliphatic heterocycles. The number of ether oxygens (including phenoxy) is 2. The Hall–Kier alpha value is -1.06. The molecule has 0 radical (unpaired) electrons. The largest absolute Gasteiger partial charge is 0.466 e. The predicted molar refractivity (Wildman–Crippen MR) is 65.5 cm³/mol. The summed E-state index contributed by atoms with van der Waals surface area (Å²) in [5.41, 5.74) is 0. The highest BCUT2D eigenvalue weighted by Gasteiger charge is 2.06. The van der Waals surface area contributed by atoms with E-state index in [9.17, 15) is 9.59 Å². The van der Waals surface area contributed by atoms with Gasteiger partial charge in [0, 0.05) is 12.8 Å². The molecule has 4 heteroatoms. The van der Waals surface area contributed by atoms with Crippen LogP contribution < -0.4 is 0 Å². The molecule has 0 unspecified atom stereocenters. The summed E-state index contributed by atoms with van der Waals surface area (Å²) >= 11 is 0. The number of hydrogen-bond donors (Lipinski definition) is 0. The van der Waals surface area contributed by atoms with E-state index in [1.807, 2.05) is 0 Å². The second-order valence-corrected chi connectivity index (χ2v) is 4.42. The molecule has 0 atom stereocenters. The van der Waals surface area contributed by atoms with Gasteiger partial charge in [-0.2, -0.15) is 0 Å². The van der Waals surface area contributed by atoms with E-state index in [2.05, 4.69) is 13.8 Å². The zero-order valence-corrected chi connectivity index (χ0v) is 11.2. The van der Waals surface area contributed by atoms with Crippen molar-refractivity contribution in [2.45, 2.75) is 52.9 Å². The SMILES string of the molecule is CCOC(=O)CCCC(=O)OCCCC(C)C. The molecule has 100 valence electrons. The van der Waals surface area contributed by atoms with E-state index in [1.165, 1.54) is 0 Å². The molecule has 0 aliphatic carbocycles.